The zero-order valence-electron chi connectivity index (χ0n) is 10.4. The van der Waals surface area contributed by atoms with Gasteiger partial charge in [-0.15, -0.1) is 25.3 Å². The predicted octanol–water partition coefficient (Wildman–Crippen LogP) is 0.496. The molecule has 0 aliphatic carbocycles. The minimum absolute atomic E-state index is 0.620. The third-order valence-corrected chi connectivity index (χ3v) is 2.30. The Labute approximate surface area is 127 Å². The summed E-state index contributed by atoms with van der Waals surface area (Å²) in [5.74, 6) is 0. The van der Waals surface area contributed by atoms with Crippen molar-refractivity contribution >= 4 is 72.5 Å². The van der Waals surface area contributed by atoms with Gasteiger partial charge in [0.25, 0.3) is 0 Å². The number of hydrogen-bond donors (Lipinski definition) is 4. The van der Waals surface area contributed by atoms with E-state index in [-0.39, 0.29) is 0 Å². The Morgan fingerprint density at radius 1 is 1.00 bits per heavy atom. The van der Waals surface area contributed by atoms with Gasteiger partial charge in [0.15, 0.2) is 0 Å². The molecule has 0 aliphatic rings. The maximum atomic E-state index is 9.39. The Hall–Kier alpha value is 0.758. The van der Waals surface area contributed by atoms with Crippen molar-refractivity contribution in [2.24, 2.45) is 0 Å². The molecule has 0 aromatic rings. The SMILES string of the molecule is CN(C)C(=S)S.CN(C)C(=S)S.C[As](=O)(O)O. The van der Waals surface area contributed by atoms with Crippen molar-refractivity contribution in [3.63, 3.8) is 0 Å². The fourth-order valence-electron chi connectivity index (χ4n) is 0. The van der Waals surface area contributed by atoms with Gasteiger partial charge in [0.1, 0.15) is 8.64 Å². The molecule has 0 aliphatic heterocycles. The summed E-state index contributed by atoms with van der Waals surface area (Å²) in [4.78, 5) is 3.52. The fourth-order valence-corrected chi connectivity index (χ4v) is 0. The molecule has 0 radical (unpaired) electrons. The second-order valence-electron chi connectivity index (χ2n) is 3.19. The summed E-state index contributed by atoms with van der Waals surface area (Å²) in [6, 6.07) is 0. The van der Waals surface area contributed by atoms with Crippen LogP contribution in [0.5, 0.6) is 0 Å². The van der Waals surface area contributed by atoms with Gasteiger partial charge in [0.2, 0.25) is 0 Å². The summed E-state index contributed by atoms with van der Waals surface area (Å²) in [7, 11) is 7.43. The summed E-state index contributed by atoms with van der Waals surface area (Å²) < 4.78 is 26.0. The van der Waals surface area contributed by atoms with Crippen LogP contribution in [0.1, 0.15) is 0 Å². The van der Waals surface area contributed by atoms with Crippen molar-refractivity contribution in [2.75, 3.05) is 28.2 Å². The molecule has 10 heteroatoms. The number of thiocarbonyl (C=S) groups is 2. The Morgan fingerprint density at radius 3 is 1.06 bits per heavy atom. The third-order valence-electron chi connectivity index (χ3n) is 0.765. The monoisotopic (exact) mass is 382 g/mol. The number of hydrogen-bond acceptors (Lipinski definition) is 3. The summed E-state index contributed by atoms with van der Waals surface area (Å²) in [5.41, 5.74) is 0.915. The van der Waals surface area contributed by atoms with Crippen LogP contribution in [0.3, 0.4) is 0 Å². The van der Waals surface area contributed by atoms with Crippen LogP contribution in [-0.4, -0.2) is 69.0 Å². The normalized spacial score (nSPS) is 9.00. The van der Waals surface area contributed by atoms with Crippen LogP contribution >= 0.6 is 49.7 Å². The van der Waals surface area contributed by atoms with Gasteiger partial charge < -0.3 is 9.80 Å². The van der Waals surface area contributed by atoms with Crippen molar-refractivity contribution in [1.82, 2.24) is 9.80 Å². The van der Waals surface area contributed by atoms with Crippen LogP contribution in [-0.2, 0) is 3.74 Å². The summed E-state index contributed by atoms with van der Waals surface area (Å²) >= 11 is 12.8. The molecule has 0 aromatic heterocycles. The average molecular weight is 382 g/mol. The summed E-state index contributed by atoms with van der Waals surface area (Å²) in [5, 5.41) is 0. The van der Waals surface area contributed by atoms with Crippen molar-refractivity contribution in [2.45, 2.75) is 5.71 Å². The van der Waals surface area contributed by atoms with E-state index in [9.17, 15) is 3.74 Å². The Balaban J connectivity index is -0.000000174. The Bertz CT molecular complexity index is 254. The third kappa shape index (κ3) is 47.6. The summed E-state index contributed by atoms with van der Waals surface area (Å²) in [6.45, 7) is 0. The van der Waals surface area contributed by atoms with E-state index in [1.54, 1.807) is 9.80 Å². The molecule has 5 nitrogen and oxygen atoms in total. The van der Waals surface area contributed by atoms with E-state index in [0.717, 1.165) is 5.71 Å². The van der Waals surface area contributed by atoms with E-state index < -0.39 is 14.2 Å². The Morgan fingerprint density at radius 2 is 1.06 bits per heavy atom. The van der Waals surface area contributed by atoms with E-state index in [4.69, 9.17) is 8.19 Å². The quantitative estimate of drug-likeness (QED) is 0.276. The molecule has 0 atom stereocenters. The number of thiol groups is 2. The fraction of sp³-hybridized carbons (Fsp3) is 0.714. The molecular weight excluding hydrogens is 363 g/mol. The molecule has 17 heavy (non-hydrogen) atoms. The van der Waals surface area contributed by atoms with Gasteiger partial charge >= 0.3 is 31.8 Å². The standard InChI is InChI=1S/2C3H7NS2.CH5AsO3/c2*1-4(2)3(5)6;1-2(3,4)5/h2*1-2H3,(H,5,6);1H3,(H2,3,4,5). The average Bonchev–Trinajstić information content (AvgIpc) is 2.01. The van der Waals surface area contributed by atoms with Crippen molar-refractivity contribution in [3.05, 3.63) is 0 Å². The molecule has 0 unspecified atom stereocenters. The molecule has 0 bridgehead atoms. The van der Waals surface area contributed by atoms with Gasteiger partial charge in [0, 0.05) is 28.2 Å². The van der Waals surface area contributed by atoms with E-state index in [1.165, 1.54) is 0 Å². The first-order valence-electron chi connectivity index (χ1n) is 4.12. The van der Waals surface area contributed by atoms with Gasteiger partial charge in [-0.3, -0.25) is 0 Å². The zero-order valence-corrected chi connectivity index (χ0v) is 15.7. The van der Waals surface area contributed by atoms with Gasteiger partial charge in [-0.2, -0.15) is 0 Å². The molecule has 104 valence electrons. The van der Waals surface area contributed by atoms with E-state index in [1.807, 2.05) is 28.2 Å². The molecule has 0 aromatic carbocycles. The van der Waals surface area contributed by atoms with Crippen LogP contribution < -0.4 is 0 Å². The first-order valence-corrected chi connectivity index (χ1v) is 10.2. The van der Waals surface area contributed by atoms with Crippen molar-refractivity contribution in [1.29, 1.82) is 0 Å². The van der Waals surface area contributed by atoms with E-state index in [0.29, 0.717) is 8.64 Å². The second kappa shape index (κ2) is 11.8. The first kappa shape index (κ1) is 22.9. The van der Waals surface area contributed by atoms with E-state index >= 15 is 0 Å². The first-order chi connectivity index (χ1) is 7.29. The topological polar surface area (TPSA) is 64.0 Å². The zero-order chi connectivity index (χ0) is 14.8. The minimum atomic E-state index is -4.12. The van der Waals surface area contributed by atoms with Crippen LogP contribution in [0.15, 0.2) is 0 Å². The van der Waals surface area contributed by atoms with Crippen LogP contribution in [0, 0.1) is 0 Å². The molecule has 0 fully saturated rings. The number of rotatable bonds is 0. The number of nitrogens with zero attached hydrogens (tertiary/aromatic N) is 2. The molecule has 0 saturated carbocycles. The van der Waals surface area contributed by atoms with Gasteiger partial charge in [-0.1, -0.05) is 24.4 Å². The second-order valence-corrected chi connectivity index (χ2v) is 8.92. The molecule has 0 amide bonds. The molecule has 0 rings (SSSR count). The Kier molecular flexibility index (Phi) is 15.9. The van der Waals surface area contributed by atoms with E-state index in [2.05, 4.69) is 49.7 Å². The predicted molar refractivity (Wildman–Crippen MR) is 87.3 cm³/mol. The van der Waals surface area contributed by atoms with Gasteiger partial charge in [-0.25, -0.2) is 0 Å². The molecule has 0 spiro atoms. The van der Waals surface area contributed by atoms with Crippen LogP contribution in [0.2, 0.25) is 5.71 Å². The van der Waals surface area contributed by atoms with Gasteiger partial charge in [0.05, 0.1) is 0 Å². The molecular formula is C7H19AsN2O3S4. The molecule has 0 heterocycles. The van der Waals surface area contributed by atoms with Crippen molar-refractivity contribution < 1.29 is 11.9 Å². The van der Waals surface area contributed by atoms with Crippen LogP contribution in [0.25, 0.3) is 0 Å². The van der Waals surface area contributed by atoms with Crippen molar-refractivity contribution in [3.8, 4) is 0 Å². The maximum absolute atomic E-state index is 9.39. The summed E-state index contributed by atoms with van der Waals surface area (Å²) in [6.07, 6.45) is 0. The van der Waals surface area contributed by atoms with Gasteiger partial charge in [-0.05, 0) is 0 Å². The van der Waals surface area contributed by atoms with Crippen LogP contribution in [0.4, 0.5) is 0 Å². The molecule has 0 saturated heterocycles. The molecule has 2 N–H and O–H groups in total.